The van der Waals surface area contributed by atoms with Gasteiger partial charge in [0.2, 0.25) is 6.41 Å². The molecule has 5 N–H and O–H groups in total. The number of carbonyl (C=O) groups is 1. The predicted octanol–water partition coefficient (Wildman–Crippen LogP) is 1.51. The first kappa shape index (κ1) is 26.9. The molecule has 1 saturated heterocycles. The number of carbonyl (C=O) groups excluding carboxylic acids is 1. The number of hydrogen-bond donors (Lipinski definition) is 3. The Balaban J connectivity index is 0.00000352. The van der Waals surface area contributed by atoms with Gasteiger partial charge in [-0.2, -0.15) is 0 Å². The number of aliphatic imine (C=N–C) groups is 1. The van der Waals surface area contributed by atoms with Crippen LogP contribution in [0, 0.1) is 0 Å². The highest BCUT2D eigenvalue weighted by Gasteiger charge is 2.38. The molecule has 1 aliphatic heterocycles. The average Bonchev–Trinajstić information content (AvgIpc) is 3.13. The van der Waals surface area contributed by atoms with Crippen molar-refractivity contribution in [3.63, 3.8) is 0 Å². The van der Waals surface area contributed by atoms with Crippen LogP contribution < -0.4 is 11.5 Å². The summed E-state index contributed by atoms with van der Waals surface area (Å²) < 4.78 is 16.9. The zero-order chi connectivity index (χ0) is 21.2. The van der Waals surface area contributed by atoms with Crippen molar-refractivity contribution in [1.82, 2.24) is 4.90 Å². The number of rotatable bonds is 14. The Morgan fingerprint density at radius 3 is 2.68 bits per heavy atom. The lowest BCUT2D eigenvalue weighted by atomic mass is 10.1. The van der Waals surface area contributed by atoms with Crippen molar-refractivity contribution >= 4 is 21.3 Å². The van der Waals surface area contributed by atoms with E-state index in [0.717, 1.165) is 25.7 Å². The molecule has 0 radical (unpaired) electrons. The van der Waals surface area contributed by atoms with E-state index in [4.69, 9.17) is 30.4 Å². The molecule has 1 fully saturated rings. The molecular weight excluding hydrogens is 383 g/mol. The largest absolute Gasteiger partial charge is 0.384 e. The normalized spacial score (nSPS) is 22.6. The molecule has 0 spiro atoms. The van der Waals surface area contributed by atoms with Gasteiger partial charge in [0.25, 0.3) is 0 Å². The number of amides is 1. The molecule has 0 bridgehead atoms. The van der Waals surface area contributed by atoms with Crippen LogP contribution >= 0.6 is 9.03 Å². The van der Waals surface area contributed by atoms with Crippen LogP contribution in [-0.2, 0) is 18.8 Å². The molecule has 1 aliphatic rings. The van der Waals surface area contributed by atoms with Crippen LogP contribution in [0.5, 0.6) is 0 Å². The van der Waals surface area contributed by atoms with Crippen LogP contribution in [0.15, 0.2) is 17.3 Å². The summed E-state index contributed by atoms with van der Waals surface area (Å²) in [6.07, 6.45) is 7.32. The minimum absolute atomic E-state index is 0.207. The van der Waals surface area contributed by atoms with E-state index in [1.807, 2.05) is 13.8 Å². The zero-order valence-corrected chi connectivity index (χ0v) is 18.3. The number of hydrogen-bond acceptors (Lipinski definition) is 7. The van der Waals surface area contributed by atoms with Gasteiger partial charge in [-0.25, -0.2) is 0 Å². The fraction of sp³-hybridized carbons (Fsp3) is 0.778. The molecule has 4 unspecified atom stereocenters. The molecule has 9 nitrogen and oxygen atoms in total. The van der Waals surface area contributed by atoms with Gasteiger partial charge in [0.05, 0.1) is 12.7 Å². The Labute approximate surface area is 170 Å². The Morgan fingerprint density at radius 1 is 1.36 bits per heavy atom. The number of ether oxygens (including phenoxy) is 2. The highest BCUT2D eigenvalue weighted by molar-refractivity contribution is 7.24. The van der Waals surface area contributed by atoms with Crippen LogP contribution in [0.3, 0.4) is 0 Å². The minimum Gasteiger partial charge on any atom is -0.384 e. The van der Waals surface area contributed by atoms with Gasteiger partial charge in [-0.3, -0.25) is 14.7 Å². The molecule has 0 aromatic carbocycles. The summed E-state index contributed by atoms with van der Waals surface area (Å²) in [5.74, 6) is 0.307. The van der Waals surface area contributed by atoms with E-state index in [1.165, 1.54) is 17.2 Å². The molecule has 10 heteroatoms. The molecule has 0 aromatic rings. The highest BCUT2D eigenvalue weighted by atomic mass is 31.1. The number of amidine groups is 1. The third-order valence-corrected chi connectivity index (χ3v) is 4.35. The lowest BCUT2D eigenvalue weighted by molar-refractivity contribution is -0.127. The fourth-order valence-electron chi connectivity index (χ4n) is 2.60. The SMILES string of the molecule is CC.CN=C(N)/C=C\N(C=O)C1CC(OCCCCCCN)C(COPO)O1. The summed E-state index contributed by atoms with van der Waals surface area (Å²) >= 11 is 0. The van der Waals surface area contributed by atoms with E-state index in [1.54, 1.807) is 7.05 Å². The lowest BCUT2D eigenvalue weighted by Crippen LogP contribution is -2.31. The van der Waals surface area contributed by atoms with Gasteiger partial charge in [0, 0.05) is 26.3 Å². The minimum atomic E-state index is -0.617. The molecule has 0 aliphatic carbocycles. The van der Waals surface area contributed by atoms with Crippen molar-refractivity contribution in [3.05, 3.63) is 12.3 Å². The van der Waals surface area contributed by atoms with Crippen molar-refractivity contribution in [3.8, 4) is 0 Å². The molecule has 0 saturated carbocycles. The van der Waals surface area contributed by atoms with E-state index < -0.39 is 15.3 Å². The van der Waals surface area contributed by atoms with Gasteiger partial charge in [-0.05, 0) is 25.5 Å². The summed E-state index contributed by atoms with van der Waals surface area (Å²) in [7, 11) is 0.950. The Hall–Kier alpha value is -1.09. The Morgan fingerprint density at radius 2 is 2.07 bits per heavy atom. The van der Waals surface area contributed by atoms with Gasteiger partial charge in [0.1, 0.15) is 18.2 Å². The summed E-state index contributed by atoms with van der Waals surface area (Å²) in [6.45, 7) is 5.52. The molecule has 1 rings (SSSR count). The molecule has 4 atom stereocenters. The van der Waals surface area contributed by atoms with Crippen LogP contribution in [0.1, 0.15) is 46.0 Å². The zero-order valence-electron chi connectivity index (χ0n) is 17.3. The number of nitrogens with zero attached hydrogens (tertiary/aromatic N) is 2. The quantitative estimate of drug-likeness (QED) is 0.128. The van der Waals surface area contributed by atoms with Crippen molar-refractivity contribution < 1.29 is 23.7 Å². The van der Waals surface area contributed by atoms with Crippen molar-refractivity contribution in [1.29, 1.82) is 0 Å². The molecule has 0 aromatic heterocycles. The van der Waals surface area contributed by atoms with Crippen molar-refractivity contribution in [2.75, 3.05) is 26.8 Å². The molecule has 164 valence electrons. The Kier molecular flexibility index (Phi) is 17.3. The maximum atomic E-state index is 11.4. The fourth-order valence-corrected chi connectivity index (χ4v) is 2.84. The van der Waals surface area contributed by atoms with Gasteiger partial charge >= 0.3 is 0 Å². The number of nitrogens with two attached hydrogens (primary N) is 2. The molecule has 28 heavy (non-hydrogen) atoms. The van der Waals surface area contributed by atoms with E-state index in [2.05, 4.69) is 4.99 Å². The summed E-state index contributed by atoms with van der Waals surface area (Å²) in [5, 5.41) is 0. The number of unbranched alkanes of at least 4 members (excludes halogenated alkanes) is 3. The second-order valence-electron chi connectivity index (χ2n) is 5.90. The van der Waals surface area contributed by atoms with Gasteiger partial charge in [-0.15, -0.1) is 0 Å². The summed E-state index contributed by atoms with van der Waals surface area (Å²) in [5.41, 5.74) is 11.1. The van der Waals surface area contributed by atoms with E-state index >= 15 is 0 Å². The third-order valence-electron chi connectivity index (χ3n) is 4.05. The summed E-state index contributed by atoms with van der Waals surface area (Å²) in [6, 6.07) is 0. The standard InChI is InChI=1S/C16H31N4O5P.C2H6/c1-19-15(18)6-8-20(12-21)16-10-13(14(25-16)11-24-26-22)23-9-5-3-2-4-7-17;1-2/h6,8,12-14,16,22,26H,2-5,7,9-11,17H2,1H3,(H2,18,19);1-2H3/b8-6-;. The van der Waals surface area contributed by atoms with Gasteiger partial charge in [-0.1, -0.05) is 26.7 Å². The van der Waals surface area contributed by atoms with Gasteiger partial charge < -0.3 is 30.4 Å². The second-order valence-corrected chi connectivity index (χ2v) is 6.37. The highest BCUT2D eigenvalue weighted by Crippen LogP contribution is 2.27. The molecule has 1 heterocycles. The summed E-state index contributed by atoms with van der Waals surface area (Å²) in [4.78, 5) is 25.5. The lowest BCUT2D eigenvalue weighted by Gasteiger charge is -2.20. The van der Waals surface area contributed by atoms with Crippen molar-refractivity contribution in [2.24, 2.45) is 16.5 Å². The molecule has 1 amide bonds. The van der Waals surface area contributed by atoms with E-state index in [0.29, 0.717) is 31.8 Å². The van der Waals surface area contributed by atoms with Crippen LogP contribution in [-0.4, -0.2) is 67.3 Å². The maximum absolute atomic E-state index is 11.4. The topological polar surface area (TPSA) is 133 Å². The van der Waals surface area contributed by atoms with Crippen molar-refractivity contribution in [2.45, 2.75) is 64.4 Å². The van der Waals surface area contributed by atoms with Crippen LogP contribution in [0.2, 0.25) is 0 Å². The average molecular weight is 420 g/mol. The van der Waals surface area contributed by atoms with Gasteiger partial charge in [0.15, 0.2) is 9.03 Å². The van der Waals surface area contributed by atoms with Crippen LogP contribution in [0.4, 0.5) is 0 Å². The van der Waals surface area contributed by atoms with E-state index in [-0.39, 0.29) is 18.8 Å². The monoisotopic (exact) mass is 420 g/mol. The second kappa shape index (κ2) is 18.0. The first-order valence-electron chi connectivity index (χ1n) is 9.77. The third kappa shape index (κ3) is 11.0. The van der Waals surface area contributed by atoms with E-state index in [9.17, 15) is 4.79 Å². The Bertz CT molecular complexity index is 454. The predicted molar refractivity (Wildman–Crippen MR) is 113 cm³/mol. The molecular formula is C18H37N4O5P. The first-order valence-corrected chi connectivity index (χ1v) is 10.6. The van der Waals surface area contributed by atoms with Crippen LogP contribution in [0.25, 0.3) is 0 Å². The first-order chi connectivity index (χ1) is 13.7. The maximum Gasteiger partial charge on any atom is 0.215 e. The smallest absolute Gasteiger partial charge is 0.215 e.